The Kier molecular flexibility index (Phi) is 6.35. The van der Waals surface area contributed by atoms with Crippen LogP contribution in [0.5, 0.6) is 0 Å². The summed E-state index contributed by atoms with van der Waals surface area (Å²) in [6, 6.07) is 17.7. The van der Waals surface area contributed by atoms with Crippen molar-refractivity contribution in [1.29, 1.82) is 0 Å². The van der Waals surface area contributed by atoms with Crippen LogP contribution in [0.1, 0.15) is 15.9 Å². The van der Waals surface area contributed by atoms with Gasteiger partial charge in [-0.1, -0.05) is 36.4 Å². The molecule has 1 heterocycles. The van der Waals surface area contributed by atoms with Crippen molar-refractivity contribution in [2.75, 3.05) is 34.3 Å². The molecule has 164 valence electrons. The Hall–Kier alpha value is -3.48. The first-order valence-electron chi connectivity index (χ1n) is 10.6. The van der Waals surface area contributed by atoms with Crippen LogP contribution in [-0.2, 0) is 11.3 Å². The van der Waals surface area contributed by atoms with Gasteiger partial charge in [-0.2, -0.15) is 0 Å². The van der Waals surface area contributed by atoms with E-state index < -0.39 is 5.97 Å². The fourth-order valence-corrected chi connectivity index (χ4v) is 3.92. The van der Waals surface area contributed by atoms with E-state index in [9.17, 15) is 9.59 Å². The number of benzene rings is 3. The second-order valence-electron chi connectivity index (χ2n) is 8.12. The van der Waals surface area contributed by atoms with Crippen LogP contribution >= 0.6 is 0 Å². The number of hydrogen-bond acceptors (Lipinski definition) is 5. The third kappa shape index (κ3) is 4.42. The molecule has 3 aromatic carbocycles. The van der Waals surface area contributed by atoms with Crippen LogP contribution in [0.25, 0.3) is 32.7 Å². The summed E-state index contributed by atoms with van der Waals surface area (Å²) in [4.78, 5) is 29.9. The van der Waals surface area contributed by atoms with E-state index in [4.69, 9.17) is 4.74 Å². The number of fused-ring (bicyclic) bond motifs is 3. The van der Waals surface area contributed by atoms with E-state index in [-0.39, 0.29) is 5.56 Å². The number of carbonyl (C=O) groups is 1. The van der Waals surface area contributed by atoms with E-state index in [1.165, 1.54) is 12.7 Å². The third-order valence-corrected chi connectivity index (χ3v) is 5.63. The Labute approximate surface area is 186 Å². The molecule has 32 heavy (non-hydrogen) atoms. The quantitative estimate of drug-likeness (QED) is 0.266. The van der Waals surface area contributed by atoms with Crippen molar-refractivity contribution in [3.8, 4) is 11.1 Å². The number of esters is 1. The fraction of sp³-hybridized carbons (Fsp3) is 0.231. The van der Waals surface area contributed by atoms with E-state index in [0.29, 0.717) is 21.7 Å². The van der Waals surface area contributed by atoms with Gasteiger partial charge in [-0.05, 0) is 65.1 Å². The molecule has 0 aliphatic rings. The molecule has 0 atom stereocenters. The van der Waals surface area contributed by atoms with Crippen molar-refractivity contribution < 1.29 is 9.53 Å². The zero-order chi connectivity index (χ0) is 22.7. The predicted octanol–water partition coefficient (Wildman–Crippen LogP) is 3.79. The molecule has 6 heteroatoms. The minimum atomic E-state index is -0.420. The molecule has 0 radical (unpaired) electrons. The molecule has 0 bridgehead atoms. The van der Waals surface area contributed by atoms with Crippen LogP contribution in [0.3, 0.4) is 0 Å². The summed E-state index contributed by atoms with van der Waals surface area (Å²) in [7, 11) is 5.48. The standard InChI is InChI=1S/C26H27N3O3/c1-29(2)13-12-27-16-17-4-6-18(7-5-17)19-8-9-21-22(14-19)24-20(10-11-28-25(24)30)15-23(21)26(31)32-3/h4-11,14-15,27H,12-13,16H2,1-3H3,(H,28,30). The summed E-state index contributed by atoms with van der Waals surface area (Å²) >= 11 is 0. The molecule has 0 spiro atoms. The lowest BCUT2D eigenvalue weighted by molar-refractivity contribution is 0.0603. The number of aromatic amines is 1. The highest BCUT2D eigenvalue weighted by Crippen LogP contribution is 2.31. The SMILES string of the molecule is COC(=O)c1cc2cc[nH]c(=O)c2c2cc(-c3ccc(CNCCN(C)C)cc3)ccc12. The molecule has 4 aromatic rings. The van der Waals surface area contributed by atoms with Crippen LogP contribution in [-0.4, -0.2) is 50.1 Å². The summed E-state index contributed by atoms with van der Waals surface area (Å²) in [6.07, 6.45) is 1.59. The Balaban J connectivity index is 1.72. The second-order valence-corrected chi connectivity index (χ2v) is 8.12. The van der Waals surface area contributed by atoms with Gasteiger partial charge in [-0.3, -0.25) is 4.79 Å². The number of aromatic nitrogens is 1. The van der Waals surface area contributed by atoms with Crippen LogP contribution in [0.4, 0.5) is 0 Å². The molecule has 0 unspecified atom stereocenters. The number of rotatable bonds is 7. The van der Waals surface area contributed by atoms with Crippen LogP contribution in [0, 0.1) is 0 Å². The van der Waals surface area contributed by atoms with Crippen LogP contribution in [0.2, 0.25) is 0 Å². The highest BCUT2D eigenvalue weighted by atomic mass is 16.5. The summed E-state index contributed by atoms with van der Waals surface area (Å²) in [5.74, 6) is -0.420. The monoisotopic (exact) mass is 429 g/mol. The number of likely N-dealkylation sites (N-methyl/N-ethyl adjacent to an activating group) is 1. The third-order valence-electron chi connectivity index (χ3n) is 5.63. The lowest BCUT2D eigenvalue weighted by atomic mass is 9.94. The van der Waals surface area contributed by atoms with Gasteiger partial charge in [0.2, 0.25) is 0 Å². The van der Waals surface area contributed by atoms with Crippen molar-refractivity contribution in [2.24, 2.45) is 0 Å². The molecule has 0 fully saturated rings. The summed E-state index contributed by atoms with van der Waals surface area (Å²) < 4.78 is 4.97. The summed E-state index contributed by atoms with van der Waals surface area (Å²) in [6.45, 7) is 2.74. The molecule has 1 aromatic heterocycles. The minimum Gasteiger partial charge on any atom is -0.465 e. The Bertz CT molecular complexity index is 1320. The van der Waals surface area contributed by atoms with E-state index in [2.05, 4.69) is 53.6 Å². The molecular weight excluding hydrogens is 402 g/mol. The van der Waals surface area contributed by atoms with E-state index in [1.54, 1.807) is 18.3 Å². The zero-order valence-corrected chi connectivity index (χ0v) is 18.6. The maximum Gasteiger partial charge on any atom is 0.338 e. The Morgan fingerprint density at radius 2 is 1.75 bits per heavy atom. The maximum absolute atomic E-state index is 12.6. The maximum atomic E-state index is 12.6. The van der Waals surface area contributed by atoms with Gasteiger partial charge >= 0.3 is 5.97 Å². The van der Waals surface area contributed by atoms with Gasteiger partial charge in [0, 0.05) is 25.8 Å². The van der Waals surface area contributed by atoms with E-state index in [1.807, 2.05) is 18.2 Å². The van der Waals surface area contributed by atoms with Crippen molar-refractivity contribution in [2.45, 2.75) is 6.54 Å². The number of carbonyl (C=O) groups excluding carboxylic acids is 1. The minimum absolute atomic E-state index is 0.180. The average molecular weight is 430 g/mol. The molecule has 0 aliphatic heterocycles. The number of ether oxygens (including phenoxy) is 1. The summed E-state index contributed by atoms with van der Waals surface area (Å²) in [5.41, 5.74) is 3.51. The van der Waals surface area contributed by atoms with Gasteiger partial charge in [0.25, 0.3) is 5.56 Å². The van der Waals surface area contributed by atoms with Crippen molar-refractivity contribution >= 4 is 27.5 Å². The zero-order valence-electron chi connectivity index (χ0n) is 18.6. The molecule has 4 rings (SSSR count). The lowest BCUT2D eigenvalue weighted by Crippen LogP contribution is -2.26. The van der Waals surface area contributed by atoms with Gasteiger partial charge in [0.15, 0.2) is 0 Å². The lowest BCUT2D eigenvalue weighted by Gasteiger charge is -2.12. The van der Waals surface area contributed by atoms with E-state index >= 15 is 0 Å². The Morgan fingerprint density at radius 3 is 2.47 bits per heavy atom. The van der Waals surface area contributed by atoms with Crippen LogP contribution in [0.15, 0.2) is 65.6 Å². The average Bonchev–Trinajstić information content (AvgIpc) is 2.80. The van der Waals surface area contributed by atoms with Crippen molar-refractivity contribution in [3.05, 3.63) is 82.3 Å². The van der Waals surface area contributed by atoms with Gasteiger partial charge in [-0.25, -0.2) is 4.79 Å². The fourth-order valence-electron chi connectivity index (χ4n) is 3.92. The molecule has 0 amide bonds. The normalized spacial score (nSPS) is 11.4. The number of nitrogens with zero attached hydrogens (tertiary/aromatic N) is 1. The Morgan fingerprint density at radius 1 is 1.00 bits per heavy atom. The van der Waals surface area contributed by atoms with Crippen LogP contribution < -0.4 is 10.9 Å². The largest absolute Gasteiger partial charge is 0.465 e. The van der Waals surface area contributed by atoms with E-state index in [0.717, 1.165) is 36.1 Å². The smallest absolute Gasteiger partial charge is 0.338 e. The summed E-state index contributed by atoms with van der Waals surface area (Å²) in [5, 5.41) is 6.15. The van der Waals surface area contributed by atoms with Gasteiger partial charge in [0.1, 0.15) is 0 Å². The first-order valence-corrected chi connectivity index (χ1v) is 10.6. The second kappa shape index (κ2) is 9.34. The number of H-pyrrole nitrogens is 1. The number of hydrogen-bond donors (Lipinski definition) is 2. The topological polar surface area (TPSA) is 74.4 Å². The van der Waals surface area contributed by atoms with Gasteiger partial charge < -0.3 is 19.9 Å². The predicted molar refractivity (Wildman–Crippen MR) is 129 cm³/mol. The highest BCUT2D eigenvalue weighted by Gasteiger charge is 2.16. The highest BCUT2D eigenvalue weighted by molar-refractivity contribution is 6.16. The molecular formula is C26H27N3O3. The molecule has 6 nitrogen and oxygen atoms in total. The first-order chi connectivity index (χ1) is 15.5. The first kappa shape index (κ1) is 21.7. The van der Waals surface area contributed by atoms with Crippen molar-refractivity contribution in [3.63, 3.8) is 0 Å². The van der Waals surface area contributed by atoms with Gasteiger partial charge in [0.05, 0.1) is 18.1 Å². The molecule has 0 saturated carbocycles. The molecule has 2 N–H and O–H groups in total. The molecule has 0 aliphatic carbocycles. The molecule has 0 saturated heterocycles. The van der Waals surface area contributed by atoms with Gasteiger partial charge in [-0.15, -0.1) is 0 Å². The number of nitrogens with one attached hydrogen (secondary N) is 2. The number of pyridine rings is 1. The van der Waals surface area contributed by atoms with Crippen molar-refractivity contribution in [1.82, 2.24) is 15.2 Å². The number of methoxy groups -OCH3 is 1.